The largest absolute Gasteiger partial charge is 0.496 e. The van der Waals surface area contributed by atoms with Crippen molar-refractivity contribution in [3.63, 3.8) is 0 Å². The van der Waals surface area contributed by atoms with Gasteiger partial charge in [-0.05, 0) is 24.3 Å². The fourth-order valence-corrected chi connectivity index (χ4v) is 4.43. The van der Waals surface area contributed by atoms with Crippen LogP contribution in [0.1, 0.15) is 20.9 Å². The van der Waals surface area contributed by atoms with Crippen molar-refractivity contribution in [1.82, 2.24) is 9.88 Å². The Hall–Kier alpha value is -1.92. The molecule has 2 aromatic carbocycles. The molecule has 4 rings (SSSR count). The molecule has 0 atom stereocenters. The van der Waals surface area contributed by atoms with Crippen LogP contribution < -0.4 is 4.74 Å². The van der Waals surface area contributed by atoms with Gasteiger partial charge in [-0.15, -0.1) is 11.3 Å². The summed E-state index contributed by atoms with van der Waals surface area (Å²) >= 11 is 5.23. The van der Waals surface area contributed by atoms with Crippen molar-refractivity contribution >= 4 is 43.4 Å². The van der Waals surface area contributed by atoms with Crippen molar-refractivity contribution in [2.24, 2.45) is 0 Å². The standard InChI is InChI=1S/C18H15BrN2O2S/c1-23-14-7-6-12(19)11-10-21(18(22)17(11)14)9-8-16-20-13-4-2-3-5-15(13)24-16/h2-7H,8-10H2,1H3. The molecule has 1 aliphatic heterocycles. The second kappa shape index (κ2) is 6.18. The summed E-state index contributed by atoms with van der Waals surface area (Å²) in [5.74, 6) is 0.671. The predicted molar refractivity (Wildman–Crippen MR) is 98.8 cm³/mol. The third-order valence-corrected chi connectivity index (χ3v) is 6.06. The molecule has 3 aromatic rings. The Morgan fingerprint density at radius 2 is 2.12 bits per heavy atom. The third kappa shape index (κ3) is 2.59. The van der Waals surface area contributed by atoms with Gasteiger partial charge in [-0.2, -0.15) is 0 Å². The van der Waals surface area contributed by atoms with Crippen LogP contribution in [-0.4, -0.2) is 29.4 Å². The van der Waals surface area contributed by atoms with Crippen LogP contribution in [0.15, 0.2) is 40.9 Å². The molecule has 0 saturated carbocycles. The molecular formula is C18H15BrN2O2S. The van der Waals surface area contributed by atoms with Crippen molar-refractivity contribution in [2.45, 2.75) is 13.0 Å². The van der Waals surface area contributed by atoms with E-state index in [-0.39, 0.29) is 5.91 Å². The third-order valence-electron chi connectivity index (χ3n) is 4.22. The van der Waals surface area contributed by atoms with E-state index in [2.05, 4.69) is 27.0 Å². The smallest absolute Gasteiger partial charge is 0.258 e. The van der Waals surface area contributed by atoms with Crippen LogP contribution in [0.3, 0.4) is 0 Å². The van der Waals surface area contributed by atoms with E-state index in [0.29, 0.717) is 24.4 Å². The minimum absolute atomic E-state index is 0.0317. The van der Waals surface area contributed by atoms with E-state index >= 15 is 0 Å². The first kappa shape index (κ1) is 15.6. The monoisotopic (exact) mass is 402 g/mol. The maximum Gasteiger partial charge on any atom is 0.258 e. The number of para-hydroxylation sites is 1. The summed E-state index contributed by atoms with van der Waals surface area (Å²) in [6.07, 6.45) is 0.763. The highest BCUT2D eigenvalue weighted by Crippen LogP contribution is 2.36. The summed E-state index contributed by atoms with van der Waals surface area (Å²) in [5.41, 5.74) is 2.71. The van der Waals surface area contributed by atoms with Crippen LogP contribution >= 0.6 is 27.3 Å². The fourth-order valence-electron chi connectivity index (χ4n) is 3.02. The molecule has 4 nitrogen and oxygen atoms in total. The van der Waals surface area contributed by atoms with Gasteiger partial charge in [0, 0.05) is 29.5 Å². The molecule has 1 aliphatic rings. The number of carbonyl (C=O) groups is 1. The molecule has 0 saturated heterocycles. The lowest BCUT2D eigenvalue weighted by Gasteiger charge is -2.14. The second-order valence-corrected chi connectivity index (χ2v) is 7.62. The van der Waals surface area contributed by atoms with Crippen molar-refractivity contribution in [2.75, 3.05) is 13.7 Å². The number of hydrogen-bond donors (Lipinski definition) is 0. The number of aromatic nitrogens is 1. The fraction of sp³-hybridized carbons (Fsp3) is 0.222. The van der Waals surface area contributed by atoms with Crippen molar-refractivity contribution < 1.29 is 9.53 Å². The Labute approximate surface area is 152 Å². The van der Waals surface area contributed by atoms with Gasteiger partial charge < -0.3 is 9.64 Å². The number of fused-ring (bicyclic) bond motifs is 2. The zero-order valence-electron chi connectivity index (χ0n) is 13.1. The minimum atomic E-state index is 0.0317. The molecule has 0 unspecified atom stereocenters. The molecule has 2 heterocycles. The van der Waals surface area contributed by atoms with Crippen LogP contribution in [-0.2, 0) is 13.0 Å². The highest BCUT2D eigenvalue weighted by molar-refractivity contribution is 9.10. The first-order valence-corrected chi connectivity index (χ1v) is 9.27. The van der Waals surface area contributed by atoms with Gasteiger partial charge in [0.15, 0.2) is 0 Å². The summed E-state index contributed by atoms with van der Waals surface area (Å²) in [5, 5.41) is 1.06. The normalized spacial score (nSPS) is 13.6. The summed E-state index contributed by atoms with van der Waals surface area (Å²) in [6, 6.07) is 11.9. The van der Waals surface area contributed by atoms with Crippen molar-refractivity contribution in [3.05, 3.63) is 57.0 Å². The Morgan fingerprint density at radius 3 is 2.92 bits per heavy atom. The highest BCUT2D eigenvalue weighted by atomic mass is 79.9. The average Bonchev–Trinajstić information content (AvgIpc) is 3.15. The molecule has 24 heavy (non-hydrogen) atoms. The van der Waals surface area contributed by atoms with Crippen LogP contribution in [0.4, 0.5) is 0 Å². The molecule has 1 aromatic heterocycles. The Kier molecular flexibility index (Phi) is 4.02. The molecule has 0 radical (unpaired) electrons. The number of rotatable bonds is 4. The van der Waals surface area contributed by atoms with E-state index in [9.17, 15) is 4.79 Å². The second-order valence-electron chi connectivity index (χ2n) is 5.66. The number of amides is 1. The number of ether oxygens (including phenoxy) is 1. The van der Waals surface area contributed by atoms with Crippen molar-refractivity contribution in [1.29, 1.82) is 0 Å². The topological polar surface area (TPSA) is 42.4 Å². The summed E-state index contributed by atoms with van der Waals surface area (Å²) < 4.78 is 7.50. The van der Waals surface area contributed by atoms with Gasteiger partial charge in [-0.3, -0.25) is 4.79 Å². The molecule has 122 valence electrons. The first-order valence-electron chi connectivity index (χ1n) is 7.66. The quantitative estimate of drug-likeness (QED) is 0.654. The number of benzene rings is 2. The van der Waals surface area contributed by atoms with Gasteiger partial charge in [0.25, 0.3) is 5.91 Å². The van der Waals surface area contributed by atoms with E-state index in [4.69, 9.17) is 4.74 Å². The number of carbonyl (C=O) groups excluding carboxylic acids is 1. The lowest BCUT2D eigenvalue weighted by molar-refractivity contribution is 0.0778. The van der Waals surface area contributed by atoms with Gasteiger partial charge in [0.1, 0.15) is 5.75 Å². The van der Waals surface area contributed by atoms with Gasteiger partial charge >= 0.3 is 0 Å². The summed E-state index contributed by atoms with van der Waals surface area (Å²) in [4.78, 5) is 19.2. The zero-order chi connectivity index (χ0) is 16.7. The number of hydrogen-bond acceptors (Lipinski definition) is 4. The molecule has 0 bridgehead atoms. The molecule has 0 N–H and O–H groups in total. The van der Waals surface area contributed by atoms with E-state index < -0.39 is 0 Å². The van der Waals surface area contributed by atoms with E-state index in [0.717, 1.165) is 27.0 Å². The molecule has 0 spiro atoms. The lowest BCUT2D eigenvalue weighted by Crippen LogP contribution is -2.26. The highest BCUT2D eigenvalue weighted by Gasteiger charge is 2.32. The lowest BCUT2D eigenvalue weighted by atomic mass is 10.1. The van der Waals surface area contributed by atoms with Gasteiger partial charge in [0.05, 0.1) is 27.9 Å². The van der Waals surface area contributed by atoms with Gasteiger partial charge in [0.2, 0.25) is 0 Å². The predicted octanol–water partition coefficient (Wildman–Crippen LogP) is 4.27. The molecule has 0 fully saturated rings. The van der Waals surface area contributed by atoms with Crippen LogP contribution in [0.5, 0.6) is 5.75 Å². The van der Waals surface area contributed by atoms with Gasteiger partial charge in [-0.1, -0.05) is 28.1 Å². The maximum atomic E-state index is 12.7. The SMILES string of the molecule is COc1ccc(Br)c2c1C(=O)N(CCc1nc3ccccc3s1)C2. The Morgan fingerprint density at radius 1 is 1.29 bits per heavy atom. The molecular weight excluding hydrogens is 388 g/mol. The van der Waals surface area contributed by atoms with E-state index in [1.165, 1.54) is 4.70 Å². The van der Waals surface area contributed by atoms with Crippen LogP contribution in [0.25, 0.3) is 10.2 Å². The van der Waals surface area contributed by atoms with Crippen molar-refractivity contribution in [3.8, 4) is 5.75 Å². The van der Waals surface area contributed by atoms with Crippen LogP contribution in [0, 0.1) is 0 Å². The average molecular weight is 403 g/mol. The number of halogens is 1. The number of nitrogens with zero attached hydrogens (tertiary/aromatic N) is 2. The van der Waals surface area contributed by atoms with Crippen LogP contribution in [0.2, 0.25) is 0 Å². The molecule has 0 aliphatic carbocycles. The molecule has 1 amide bonds. The molecule has 6 heteroatoms. The summed E-state index contributed by atoms with van der Waals surface area (Å²) in [6.45, 7) is 1.26. The minimum Gasteiger partial charge on any atom is -0.496 e. The number of thiazole rings is 1. The Balaban J connectivity index is 1.54. The van der Waals surface area contributed by atoms with Gasteiger partial charge in [-0.25, -0.2) is 4.98 Å². The Bertz CT molecular complexity index is 905. The summed E-state index contributed by atoms with van der Waals surface area (Å²) in [7, 11) is 1.60. The maximum absolute atomic E-state index is 12.7. The first-order chi connectivity index (χ1) is 11.7. The number of methoxy groups -OCH3 is 1. The van der Waals surface area contributed by atoms with E-state index in [1.54, 1.807) is 18.4 Å². The zero-order valence-corrected chi connectivity index (χ0v) is 15.5. The van der Waals surface area contributed by atoms with E-state index in [1.807, 2.05) is 35.2 Å².